The molecule has 1 aliphatic rings. The molecule has 1 N–H and O–H groups in total. The summed E-state index contributed by atoms with van der Waals surface area (Å²) in [5.41, 5.74) is 5.60. The Morgan fingerprint density at radius 2 is 2.37 bits per heavy atom. The molecule has 0 aromatic carbocycles. The van der Waals surface area contributed by atoms with Gasteiger partial charge < -0.3 is 4.74 Å². The molecule has 5 heteroatoms. The van der Waals surface area contributed by atoms with Gasteiger partial charge in [0.25, 0.3) is 0 Å². The molecule has 0 radical (unpaired) electrons. The molecule has 1 aromatic rings. The van der Waals surface area contributed by atoms with Crippen molar-refractivity contribution < 1.29 is 9.53 Å². The summed E-state index contributed by atoms with van der Waals surface area (Å²) in [6, 6.07) is 0. The van der Waals surface area contributed by atoms with Gasteiger partial charge in [-0.1, -0.05) is 6.92 Å². The van der Waals surface area contributed by atoms with Crippen molar-refractivity contribution in [1.29, 1.82) is 0 Å². The van der Waals surface area contributed by atoms with E-state index in [0.717, 1.165) is 27.5 Å². The SMILES string of the molecule is COc1c(C=C(C)C2=NNC(=O)CC2C)csc1C. The fraction of sp³-hybridized carbons (Fsp3) is 0.429. The van der Waals surface area contributed by atoms with Crippen molar-refractivity contribution in [3.05, 3.63) is 21.4 Å². The smallest absolute Gasteiger partial charge is 0.240 e. The molecule has 102 valence electrons. The number of allylic oxidation sites excluding steroid dienone is 1. The van der Waals surface area contributed by atoms with Gasteiger partial charge in [0, 0.05) is 28.2 Å². The van der Waals surface area contributed by atoms with Crippen molar-refractivity contribution in [2.24, 2.45) is 11.0 Å². The summed E-state index contributed by atoms with van der Waals surface area (Å²) in [5.74, 6) is 1.04. The van der Waals surface area contributed by atoms with Crippen LogP contribution in [0.15, 0.2) is 16.1 Å². The number of carbonyl (C=O) groups excluding carboxylic acids is 1. The number of hydrazone groups is 1. The summed E-state index contributed by atoms with van der Waals surface area (Å²) in [6.45, 7) is 6.07. The van der Waals surface area contributed by atoms with Crippen molar-refractivity contribution in [2.45, 2.75) is 27.2 Å². The number of methoxy groups -OCH3 is 1. The van der Waals surface area contributed by atoms with E-state index in [2.05, 4.69) is 22.0 Å². The van der Waals surface area contributed by atoms with Crippen LogP contribution in [-0.4, -0.2) is 18.7 Å². The first kappa shape index (κ1) is 13.8. The molecular weight excluding hydrogens is 260 g/mol. The van der Waals surface area contributed by atoms with Gasteiger partial charge in [-0.05, 0) is 25.5 Å². The third-order valence-corrected chi connectivity index (χ3v) is 4.09. The van der Waals surface area contributed by atoms with Crippen LogP contribution in [0.4, 0.5) is 0 Å². The Morgan fingerprint density at radius 1 is 1.63 bits per heavy atom. The zero-order valence-electron chi connectivity index (χ0n) is 11.6. The van der Waals surface area contributed by atoms with Crippen LogP contribution in [0.5, 0.6) is 5.75 Å². The molecule has 1 aromatic heterocycles. The number of aryl methyl sites for hydroxylation is 1. The first-order valence-corrected chi connectivity index (χ1v) is 7.08. The number of carbonyl (C=O) groups is 1. The maximum absolute atomic E-state index is 11.2. The highest BCUT2D eigenvalue weighted by atomic mass is 32.1. The van der Waals surface area contributed by atoms with Crippen LogP contribution in [0, 0.1) is 12.8 Å². The Bertz CT molecular complexity index is 558. The Kier molecular flexibility index (Phi) is 4.04. The third-order valence-electron chi connectivity index (χ3n) is 3.18. The monoisotopic (exact) mass is 278 g/mol. The average molecular weight is 278 g/mol. The number of thiophene rings is 1. The lowest BCUT2D eigenvalue weighted by molar-refractivity contribution is -0.121. The largest absolute Gasteiger partial charge is 0.495 e. The molecule has 0 saturated carbocycles. The standard InChI is InChI=1S/C14H18N2O2S/c1-8(13-9(2)6-12(17)15-16-13)5-11-7-19-10(3)14(11)18-4/h5,7,9H,6H2,1-4H3,(H,15,17). The van der Waals surface area contributed by atoms with Gasteiger partial charge in [0.05, 0.1) is 12.8 Å². The maximum atomic E-state index is 11.2. The summed E-state index contributed by atoms with van der Waals surface area (Å²) < 4.78 is 5.40. The zero-order valence-corrected chi connectivity index (χ0v) is 12.4. The molecule has 2 heterocycles. The first-order chi connectivity index (χ1) is 9.02. The second-order valence-electron chi connectivity index (χ2n) is 4.75. The van der Waals surface area contributed by atoms with Crippen LogP contribution in [0.1, 0.15) is 30.7 Å². The van der Waals surface area contributed by atoms with Gasteiger partial charge in [0.2, 0.25) is 5.91 Å². The molecule has 0 saturated heterocycles. The van der Waals surface area contributed by atoms with Gasteiger partial charge >= 0.3 is 0 Å². The number of nitrogens with zero attached hydrogens (tertiary/aromatic N) is 1. The molecule has 1 amide bonds. The predicted octanol–water partition coefficient (Wildman–Crippen LogP) is 2.98. The number of ether oxygens (including phenoxy) is 1. The highest BCUT2D eigenvalue weighted by molar-refractivity contribution is 7.10. The van der Waals surface area contributed by atoms with E-state index < -0.39 is 0 Å². The van der Waals surface area contributed by atoms with E-state index in [4.69, 9.17) is 4.74 Å². The fourth-order valence-electron chi connectivity index (χ4n) is 2.26. The maximum Gasteiger partial charge on any atom is 0.240 e. The normalized spacial score (nSPS) is 20.0. The second kappa shape index (κ2) is 5.57. The summed E-state index contributed by atoms with van der Waals surface area (Å²) in [5, 5.41) is 6.23. The van der Waals surface area contributed by atoms with E-state index in [9.17, 15) is 4.79 Å². The van der Waals surface area contributed by atoms with E-state index in [-0.39, 0.29) is 11.8 Å². The van der Waals surface area contributed by atoms with Crippen molar-refractivity contribution in [3.8, 4) is 5.75 Å². The fourth-order valence-corrected chi connectivity index (χ4v) is 3.05. The van der Waals surface area contributed by atoms with Gasteiger partial charge in [-0.2, -0.15) is 5.10 Å². The van der Waals surface area contributed by atoms with E-state index >= 15 is 0 Å². The van der Waals surface area contributed by atoms with Crippen molar-refractivity contribution in [1.82, 2.24) is 5.43 Å². The summed E-state index contributed by atoms with van der Waals surface area (Å²) in [6.07, 6.45) is 2.55. The zero-order chi connectivity index (χ0) is 14.0. The summed E-state index contributed by atoms with van der Waals surface area (Å²) >= 11 is 1.67. The molecule has 0 bridgehead atoms. The molecule has 19 heavy (non-hydrogen) atoms. The van der Waals surface area contributed by atoms with Gasteiger partial charge in [0.15, 0.2) is 0 Å². The minimum Gasteiger partial charge on any atom is -0.495 e. The van der Waals surface area contributed by atoms with Crippen LogP contribution in [0.2, 0.25) is 0 Å². The van der Waals surface area contributed by atoms with E-state index in [1.807, 2.05) is 20.8 Å². The quantitative estimate of drug-likeness (QED) is 0.924. The van der Waals surface area contributed by atoms with Gasteiger partial charge in [-0.3, -0.25) is 4.79 Å². The minimum absolute atomic E-state index is 0.0204. The lowest BCUT2D eigenvalue weighted by Gasteiger charge is -2.19. The molecule has 0 aliphatic carbocycles. The first-order valence-electron chi connectivity index (χ1n) is 6.20. The van der Waals surface area contributed by atoms with Gasteiger partial charge in [0.1, 0.15) is 5.75 Å². The highest BCUT2D eigenvalue weighted by Gasteiger charge is 2.21. The lowest BCUT2D eigenvalue weighted by atomic mass is 9.94. The lowest BCUT2D eigenvalue weighted by Crippen LogP contribution is -2.31. The van der Waals surface area contributed by atoms with Crippen LogP contribution in [-0.2, 0) is 4.79 Å². The molecule has 1 atom stereocenters. The topological polar surface area (TPSA) is 50.7 Å². The van der Waals surface area contributed by atoms with Crippen LogP contribution in [0.25, 0.3) is 6.08 Å². The van der Waals surface area contributed by atoms with E-state index in [0.29, 0.717) is 6.42 Å². The average Bonchev–Trinajstić information content (AvgIpc) is 2.69. The Morgan fingerprint density at radius 3 is 3.00 bits per heavy atom. The minimum atomic E-state index is -0.0204. The Balaban J connectivity index is 2.30. The number of hydrogen-bond acceptors (Lipinski definition) is 4. The van der Waals surface area contributed by atoms with Crippen LogP contribution >= 0.6 is 11.3 Å². The predicted molar refractivity (Wildman–Crippen MR) is 78.6 cm³/mol. The second-order valence-corrected chi connectivity index (χ2v) is 5.83. The van der Waals surface area contributed by atoms with Crippen LogP contribution < -0.4 is 10.2 Å². The number of rotatable bonds is 3. The molecule has 1 unspecified atom stereocenters. The van der Waals surface area contributed by atoms with E-state index in [1.54, 1.807) is 18.4 Å². The molecule has 0 spiro atoms. The van der Waals surface area contributed by atoms with Crippen molar-refractivity contribution >= 4 is 29.0 Å². The molecule has 4 nitrogen and oxygen atoms in total. The third kappa shape index (κ3) is 2.87. The Labute approximate surface area is 117 Å². The summed E-state index contributed by atoms with van der Waals surface area (Å²) in [7, 11) is 1.68. The van der Waals surface area contributed by atoms with Gasteiger partial charge in [-0.25, -0.2) is 5.43 Å². The molecule has 0 fully saturated rings. The van der Waals surface area contributed by atoms with Crippen LogP contribution in [0.3, 0.4) is 0 Å². The number of hydrogen-bond donors (Lipinski definition) is 1. The number of amides is 1. The molecule has 2 rings (SSSR count). The summed E-state index contributed by atoms with van der Waals surface area (Å²) in [4.78, 5) is 12.4. The van der Waals surface area contributed by atoms with Crippen molar-refractivity contribution in [2.75, 3.05) is 7.11 Å². The Hall–Kier alpha value is -1.62. The molecular formula is C14H18N2O2S. The van der Waals surface area contributed by atoms with E-state index in [1.165, 1.54) is 0 Å². The highest BCUT2D eigenvalue weighted by Crippen LogP contribution is 2.32. The molecule has 1 aliphatic heterocycles. The van der Waals surface area contributed by atoms with Crippen molar-refractivity contribution in [3.63, 3.8) is 0 Å². The number of nitrogens with one attached hydrogen (secondary N) is 1. The van der Waals surface area contributed by atoms with Gasteiger partial charge in [-0.15, -0.1) is 11.3 Å².